The van der Waals surface area contributed by atoms with Gasteiger partial charge in [0.25, 0.3) is 5.69 Å². The Kier molecular flexibility index (Phi) is 6.24. The molecule has 1 unspecified atom stereocenters. The third-order valence-electron chi connectivity index (χ3n) is 2.82. The molecule has 3 N–H and O–H groups in total. The number of aryl methyl sites for hydroxylation is 1. The second kappa shape index (κ2) is 7.70. The number of aliphatic hydroxyl groups is 2. The van der Waals surface area contributed by atoms with Crippen LogP contribution >= 0.6 is 0 Å². The predicted octanol–water partition coefficient (Wildman–Crippen LogP) is 1.70. The van der Waals surface area contributed by atoms with Crippen LogP contribution in [0.15, 0.2) is 18.2 Å². The van der Waals surface area contributed by atoms with E-state index in [2.05, 4.69) is 12.2 Å². The van der Waals surface area contributed by atoms with Crippen molar-refractivity contribution in [1.82, 2.24) is 0 Å². The van der Waals surface area contributed by atoms with E-state index in [0.29, 0.717) is 5.69 Å². The minimum atomic E-state index is -0.931. The molecule has 1 atom stereocenters. The summed E-state index contributed by atoms with van der Waals surface area (Å²) < 4.78 is 0. The first kappa shape index (κ1) is 15.4. The molecule has 0 aliphatic carbocycles. The van der Waals surface area contributed by atoms with Crippen molar-refractivity contribution in [2.45, 2.75) is 32.3 Å². The highest BCUT2D eigenvalue weighted by atomic mass is 16.6. The summed E-state index contributed by atoms with van der Waals surface area (Å²) in [6.07, 6.45) is 1.92. The second-order valence-electron chi connectivity index (χ2n) is 4.43. The standard InChI is InChI=1S/C13H20N2O4/c1-2-3-4-10-5-6-12(13(7-10)15(18)19)14-8-11(17)9-16/h5-7,11,14,16-17H,2-4,8-9H2,1H3. The Labute approximate surface area is 112 Å². The lowest BCUT2D eigenvalue weighted by Crippen LogP contribution is -2.23. The summed E-state index contributed by atoms with van der Waals surface area (Å²) in [5.41, 5.74) is 1.29. The van der Waals surface area contributed by atoms with E-state index in [1.165, 1.54) is 0 Å². The number of benzene rings is 1. The van der Waals surface area contributed by atoms with E-state index >= 15 is 0 Å². The van der Waals surface area contributed by atoms with Gasteiger partial charge < -0.3 is 15.5 Å². The first-order valence-corrected chi connectivity index (χ1v) is 6.38. The van der Waals surface area contributed by atoms with Gasteiger partial charge in [-0.15, -0.1) is 0 Å². The minimum Gasteiger partial charge on any atom is -0.394 e. The Morgan fingerprint density at radius 3 is 2.79 bits per heavy atom. The summed E-state index contributed by atoms with van der Waals surface area (Å²) in [7, 11) is 0. The van der Waals surface area contributed by atoms with Crippen molar-refractivity contribution in [1.29, 1.82) is 0 Å². The summed E-state index contributed by atoms with van der Waals surface area (Å²) in [6, 6.07) is 5.05. The average molecular weight is 268 g/mol. The number of anilines is 1. The monoisotopic (exact) mass is 268 g/mol. The van der Waals surface area contributed by atoms with E-state index in [0.717, 1.165) is 24.8 Å². The van der Waals surface area contributed by atoms with Crippen molar-refractivity contribution in [2.75, 3.05) is 18.5 Å². The van der Waals surface area contributed by atoms with E-state index in [4.69, 9.17) is 5.11 Å². The van der Waals surface area contributed by atoms with Gasteiger partial charge in [-0.05, 0) is 24.5 Å². The summed E-state index contributed by atoms with van der Waals surface area (Å²) in [4.78, 5) is 10.6. The number of hydrogen-bond acceptors (Lipinski definition) is 5. The number of aliphatic hydroxyl groups excluding tert-OH is 2. The third-order valence-corrected chi connectivity index (χ3v) is 2.82. The highest BCUT2D eigenvalue weighted by molar-refractivity contribution is 5.62. The maximum atomic E-state index is 11.0. The number of hydrogen-bond donors (Lipinski definition) is 3. The molecule has 0 bridgehead atoms. The molecule has 0 radical (unpaired) electrons. The average Bonchev–Trinajstić information content (AvgIpc) is 2.42. The van der Waals surface area contributed by atoms with E-state index in [1.54, 1.807) is 12.1 Å². The van der Waals surface area contributed by atoms with Crippen molar-refractivity contribution in [3.63, 3.8) is 0 Å². The van der Waals surface area contributed by atoms with Crippen molar-refractivity contribution in [3.8, 4) is 0 Å². The van der Waals surface area contributed by atoms with Crippen molar-refractivity contribution in [3.05, 3.63) is 33.9 Å². The fourth-order valence-electron chi connectivity index (χ4n) is 1.71. The Bertz CT molecular complexity index is 423. The first-order chi connectivity index (χ1) is 9.08. The maximum absolute atomic E-state index is 11.0. The van der Waals surface area contributed by atoms with Crippen LogP contribution in [0.25, 0.3) is 0 Å². The van der Waals surface area contributed by atoms with Crippen LogP contribution in [0.1, 0.15) is 25.3 Å². The van der Waals surface area contributed by atoms with Crippen molar-refractivity contribution < 1.29 is 15.1 Å². The normalized spacial score (nSPS) is 12.2. The van der Waals surface area contributed by atoms with Gasteiger partial charge in [0.15, 0.2) is 0 Å². The fraction of sp³-hybridized carbons (Fsp3) is 0.538. The molecule has 0 aromatic heterocycles. The number of rotatable bonds is 8. The summed E-state index contributed by atoms with van der Waals surface area (Å²) in [5, 5.41) is 31.7. The van der Waals surface area contributed by atoms with Gasteiger partial charge in [0.05, 0.1) is 17.6 Å². The largest absolute Gasteiger partial charge is 0.394 e. The lowest BCUT2D eigenvalue weighted by atomic mass is 10.1. The molecule has 0 saturated heterocycles. The van der Waals surface area contributed by atoms with Crippen LogP contribution < -0.4 is 5.32 Å². The molecule has 1 aromatic rings. The number of nitro groups is 1. The Morgan fingerprint density at radius 1 is 1.47 bits per heavy atom. The molecule has 6 heteroatoms. The Hall–Kier alpha value is -1.66. The van der Waals surface area contributed by atoms with Gasteiger partial charge in [-0.1, -0.05) is 19.4 Å². The Morgan fingerprint density at radius 2 is 2.21 bits per heavy atom. The second-order valence-corrected chi connectivity index (χ2v) is 4.43. The lowest BCUT2D eigenvalue weighted by molar-refractivity contribution is -0.384. The smallest absolute Gasteiger partial charge is 0.292 e. The van der Waals surface area contributed by atoms with Crippen LogP contribution in [-0.2, 0) is 6.42 Å². The Balaban J connectivity index is 2.82. The molecular weight excluding hydrogens is 248 g/mol. The maximum Gasteiger partial charge on any atom is 0.292 e. The molecule has 0 aliphatic rings. The molecule has 1 rings (SSSR count). The van der Waals surface area contributed by atoms with Gasteiger partial charge in [0, 0.05) is 12.6 Å². The quantitative estimate of drug-likeness (QED) is 0.492. The van der Waals surface area contributed by atoms with Gasteiger partial charge in [-0.3, -0.25) is 10.1 Å². The number of unbranched alkanes of at least 4 members (excludes halogenated alkanes) is 1. The summed E-state index contributed by atoms with van der Waals surface area (Å²) in [5.74, 6) is 0. The van der Waals surface area contributed by atoms with Crippen LogP contribution in [-0.4, -0.2) is 34.4 Å². The molecule has 19 heavy (non-hydrogen) atoms. The van der Waals surface area contributed by atoms with Gasteiger partial charge in [-0.2, -0.15) is 0 Å². The molecule has 0 fully saturated rings. The van der Waals surface area contributed by atoms with Gasteiger partial charge in [0.2, 0.25) is 0 Å². The van der Waals surface area contributed by atoms with Crippen molar-refractivity contribution >= 4 is 11.4 Å². The zero-order valence-corrected chi connectivity index (χ0v) is 11.0. The van der Waals surface area contributed by atoms with Crippen LogP contribution in [0, 0.1) is 10.1 Å². The van der Waals surface area contributed by atoms with Gasteiger partial charge >= 0.3 is 0 Å². The molecule has 0 spiro atoms. The van der Waals surface area contributed by atoms with E-state index < -0.39 is 11.0 Å². The summed E-state index contributed by atoms with van der Waals surface area (Å²) >= 11 is 0. The minimum absolute atomic E-state index is 0.00116. The molecule has 0 amide bonds. The molecule has 0 heterocycles. The van der Waals surface area contributed by atoms with Crippen LogP contribution in [0.4, 0.5) is 11.4 Å². The van der Waals surface area contributed by atoms with Crippen LogP contribution in [0.3, 0.4) is 0 Å². The molecular formula is C13H20N2O4. The zero-order valence-electron chi connectivity index (χ0n) is 11.0. The molecule has 106 valence electrons. The third kappa shape index (κ3) is 4.84. The van der Waals surface area contributed by atoms with Crippen LogP contribution in [0.2, 0.25) is 0 Å². The molecule has 6 nitrogen and oxygen atoms in total. The highest BCUT2D eigenvalue weighted by Crippen LogP contribution is 2.26. The highest BCUT2D eigenvalue weighted by Gasteiger charge is 2.15. The molecule has 0 saturated carbocycles. The number of nitrogens with one attached hydrogen (secondary N) is 1. The predicted molar refractivity (Wildman–Crippen MR) is 73.3 cm³/mol. The van der Waals surface area contributed by atoms with E-state index in [-0.39, 0.29) is 18.8 Å². The van der Waals surface area contributed by atoms with E-state index in [1.807, 2.05) is 6.07 Å². The number of nitrogens with zero attached hydrogens (tertiary/aromatic N) is 1. The van der Waals surface area contributed by atoms with Gasteiger partial charge in [0.1, 0.15) is 5.69 Å². The number of nitro benzene ring substituents is 1. The zero-order chi connectivity index (χ0) is 14.3. The molecule has 1 aromatic carbocycles. The topological polar surface area (TPSA) is 95.6 Å². The first-order valence-electron chi connectivity index (χ1n) is 6.38. The van der Waals surface area contributed by atoms with Crippen LogP contribution in [0.5, 0.6) is 0 Å². The fourth-order valence-corrected chi connectivity index (χ4v) is 1.71. The lowest BCUT2D eigenvalue weighted by Gasteiger charge is -2.11. The molecule has 0 aliphatic heterocycles. The van der Waals surface area contributed by atoms with E-state index in [9.17, 15) is 15.2 Å². The summed E-state index contributed by atoms with van der Waals surface area (Å²) in [6.45, 7) is 1.77. The SMILES string of the molecule is CCCCc1ccc(NCC(O)CO)c([N+](=O)[O-])c1. The van der Waals surface area contributed by atoms with Gasteiger partial charge in [-0.25, -0.2) is 0 Å². The van der Waals surface area contributed by atoms with Crippen molar-refractivity contribution in [2.24, 2.45) is 0 Å².